The molecule has 0 fully saturated rings. The molecule has 0 saturated heterocycles. The number of carbonyl (C=O) groups excluding carboxylic acids is 1. The van der Waals surface area contributed by atoms with Crippen LogP contribution >= 0.6 is 0 Å². The third kappa shape index (κ3) is 6.78. The summed E-state index contributed by atoms with van der Waals surface area (Å²) in [6, 6.07) is 9.76. The fourth-order valence-electron chi connectivity index (χ4n) is 4.36. The molecule has 0 saturated carbocycles. The number of hydrogen-bond donors (Lipinski definition) is 2. The van der Waals surface area contributed by atoms with Crippen molar-refractivity contribution in [3.63, 3.8) is 0 Å². The highest BCUT2D eigenvalue weighted by Crippen LogP contribution is 2.34. The van der Waals surface area contributed by atoms with Crippen LogP contribution in [0.4, 0.5) is 48.3 Å². The van der Waals surface area contributed by atoms with Gasteiger partial charge in [0, 0.05) is 25.9 Å². The van der Waals surface area contributed by atoms with Gasteiger partial charge in [-0.2, -0.15) is 31.4 Å². The van der Waals surface area contributed by atoms with Crippen LogP contribution < -0.4 is 20.3 Å². The smallest absolute Gasteiger partial charge is 0.424 e. The van der Waals surface area contributed by atoms with Crippen LogP contribution in [0, 0.1) is 0 Å². The Morgan fingerprint density at radius 3 is 2.25 bits per heavy atom. The second-order valence-corrected chi connectivity index (χ2v) is 10.2. The molecule has 0 aliphatic carbocycles. The van der Waals surface area contributed by atoms with E-state index in [4.69, 9.17) is 4.74 Å². The second-order valence-electron chi connectivity index (χ2n) is 10.2. The lowest BCUT2D eigenvalue weighted by Gasteiger charge is -2.15. The fraction of sp³-hybridized carbons (Fsp3) is 0.138. The Labute approximate surface area is 265 Å². The molecule has 0 unspecified atom stereocenters. The molecule has 4 heterocycles. The van der Waals surface area contributed by atoms with Gasteiger partial charge in [0.05, 0.1) is 41.2 Å². The Morgan fingerprint density at radius 1 is 0.875 bits per heavy atom. The highest BCUT2D eigenvalue weighted by Gasteiger charge is 2.36. The minimum Gasteiger partial charge on any atom is -0.424 e. The van der Waals surface area contributed by atoms with Crippen molar-refractivity contribution in [3.8, 4) is 28.6 Å². The van der Waals surface area contributed by atoms with E-state index < -0.39 is 35.5 Å². The van der Waals surface area contributed by atoms with Crippen LogP contribution in [0.3, 0.4) is 0 Å². The van der Waals surface area contributed by atoms with Gasteiger partial charge in [-0.1, -0.05) is 12.1 Å². The van der Waals surface area contributed by atoms with Crippen LogP contribution in [-0.4, -0.2) is 59.5 Å². The Morgan fingerprint density at radius 2 is 1.60 bits per heavy atom. The predicted molar refractivity (Wildman–Crippen MR) is 159 cm³/mol. The van der Waals surface area contributed by atoms with E-state index in [2.05, 4.69) is 40.8 Å². The van der Waals surface area contributed by atoms with E-state index >= 15 is 0 Å². The number of ether oxygens (including phenoxy) is 1. The molecule has 0 radical (unpaired) electrons. The molecule has 2 N–H and O–H groups in total. The Kier molecular flexibility index (Phi) is 8.03. The molecule has 0 spiro atoms. The maximum absolute atomic E-state index is 13.4. The summed E-state index contributed by atoms with van der Waals surface area (Å²) >= 11 is 0. The topological polar surface area (TPSA) is 140 Å². The maximum atomic E-state index is 13.4. The highest BCUT2D eigenvalue weighted by atomic mass is 19.4. The van der Waals surface area contributed by atoms with E-state index in [-0.39, 0.29) is 17.4 Å². The summed E-state index contributed by atoms with van der Waals surface area (Å²) in [7, 11) is 3.78. The molecule has 6 rings (SSSR count). The van der Waals surface area contributed by atoms with Crippen molar-refractivity contribution in [1.29, 1.82) is 0 Å². The number of nitrogens with zero attached hydrogens (tertiary/aromatic N) is 9. The number of carbonyl (C=O) groups is 1. The lowest BCUT2D eigenvalue weighted by molar-refractivity contribution is -0.144. The molecule has 19 heteroatoms. The van der Waals surface area contributed by atoms with E-state index in [1.54, 1.807) is 22.8 Å². The average Bonchev–Trinajstić information content (AvgIpc) is 3.70. The average molecular weight is 670 g/mol. The summed E-state index contributed by atoms with van der Waals surface area (Å²) in [6.07, 6.45) is -3.16. The number of nitrogens with one attached hydrogen (secondary N) is 2. The van der Waals surface area contributed by atoms with Crippen LogP contribution in [0.1, 0.15) is 11.4 Å². The predicted octanol–water partition coefficient (Wildman–Crippen LogP) is 6.31. The van der Waals surface area contributed by atoms with Crippen molar-refractivity contribution in [2.24, 2.45) is 0 Å². The third-order valence-corrected chi connectivity index (χ3v) is 6.64. The summed E-state index contributed by atoms with van der Waals surface area (Å²) in [6.45, 7) is 0. The Bertz CT molecular complexity index is 2090. The molecule has 48 heavy (non-hydrogen) atoms. The second kappa shape index (κ2) is 12.2. The van der Waals surface area contributed by atoms with E-state index in [9.17, 15) is 31.1 Å². The van der Waals surface area contributed by atoms with Crippen molar-refractivity contribution >= 4 is 28.9 Å². The number of benzene rings is 2. The number of alkyl halides is 6. The summed E-state index contributed by atoms with van der Waals surface area (Å²) < 4.78 is 87.0. The first-order chi connectivity index (χ1) is 22.7. The number of amides is 2. The number of anilines is 3. The van der Waals surface area contributed by atoms with Gasteiger partial charge < -0.3 is 20.3 Å². The zero-order valence-corrected chi connectivity index (χ0v) is 24.6. The quantitative estimate of drug-likeness (QED) is 0.187. The van der Waals surface area contributed by atoms with Gasteiger partial charge in [0.1, 0.15) is 17.9 Å². The van der Waals surface area contributed by atoms with Crippen LogP contribution in [0.25, 0.3) is 22.5 Å². The summed E-state index contributed by atoms with van der Waals surface area (Å²) in [5.41, 5.74) is 0.377. The molecule has 6 aromatic rings. The first-order valence-corrected chi connectivity index (χ1v) is 13.6. The number of aromatic nitrogens is 8. The molecule has 0 bridgehead atoms. The van der Waals surface area contributed by atoms with E-state index in [1.165, 1.54) is 12.4 Å². The highest BCUT2D eigenvalue weighted by molar-refractivity contribution is 6.00. The van der Waals surface area contributed by atoms with E-state index in [1.807, 2.05) is 43.4 Å². The van der Waals surface area contributed by atoms with Gasteiger partial charge in [0.25, 0.3) is 5.82 Å². The largest absolute Gasteiger partial charge is 0.453 e. The van der Waals surface area contributed by atoms with Gasteiger partial charge >= 0.3 is 24.4 Å². The molecule has 13 nitrogen and oxygen atoms in total. The molecular formula is C29H21F6N11O2. The van der Waals surface area contributed by atoms with Gasteiger partial charge in [0.2, 0.25) is 0 Å². The van der Waals surface area contributed by atoms with Gasteiger partial charge in [-0.25, -0.2) is 33.9 Å². The van der Waals surface area contributed by atoms with Crippen molar-refractivity contribution in [2.75, 3.05) is 29.6 Å². The zero-order chi connectivity index (χ0) is 34.2. The van der Waals surface area contributed by atoms with Crippen LogP contribution in [-0.2, 0) is 12.4 Å². The number of rotatable bonds is 7. The van der Waals surface area contributed by atoms with Crippen LogP contribution in [0.5, 0.6) is 11.8 Å². The molecule has 0 aliphatic heterocycles. The van der Waals surface area contributed by atoms with E-state index in [0.29, 0.717) is 34.5 Å². The molecule has 2 aromatic carbocycles. The van der Waals surface area contributed by atoms with E-state index in [0.717, 1.165) is 23.0 Å². The standard InChI is InChI=1S/C29H21F6N11O2/c1-44(2)23-9-10-45-24(42-23)20(14-39-45)16-3-6-19(7-4-16)48-27-36-12-18(13-37-27)40-26(47)41-21-11-17(28(30,31)32)5-8-22(21)46-15-38-25(43-46)29(33,34)35/h3-15H,1-2H3,(H2,40,41,47). The summed E-state index contributed by atoms with van der Waals surface area (Å²) in [5.74, 6) is -0.349. The van der Waals surface area contributed by atoms with Crippen LogP contribution in [0.15, 0.2) is 79.6 Å². The molecule has 2 amide bonds. The molecule has 0 atom stereocenters. The number of hydrogen-bond acceptors (Lipinski definition) is 9. The van der Waals surface area contributed by atoms with Gasteiger partial charge in [0.15, 0.2) is 5.65 Å². The van der Waals surface area contributed by atoms with Crippen molar-refractivity contribution in [3.05, 3.63) is 91.0 Å². The minimum absolute atomic E-state index is 0.0292. The molecule has 0 aliphatic rings. The minimum atomic E-state index is -4.90. The Balaban J connectivity index is 1.13. The number of fused-ring (bicyclic) bond motifs is 1. The van der Waals surface area contributed by atoms with Crippen molar-refractivity contribution < 1.29 is 35.9 Å². The van der Waals surface area contributed by atoms with Crippen molar-refractivity contribution in [2.45, 2.75) is 12.4 Å². The normalized spacial score (nSPS) is 11.8. The lowest BCUT2D eigenvalue weighted by Crippen LogP contribution is -2.21. The Hall–Kier alpha value is -6.27. The van der Waals surface area contributed by atoms with Crippen molar-refractivity contribution in [1.82, 2.24) is 39.3 Å². The number of urea groups is 1. The lowest BCUT2D eigenvalue weighted by atomic mass is 10.1. The molecule has 246 valence electrons. The molecular weight excluding hydrogens is 648 g/mol. The summed E-state index contributed by atoms with van der Waals surface area (Å²) in [5, 5.41) is 12.1. The van der Waals surface area contributed by atoms with Gasteiger partial charge in [-0.15, -0.1) is 5.10 Å². The molecule has 4 aromatic heterocycles. The third-order valence-electron chi connectivity index (χ3n) is 6.64. The zero-order valence-electron chi connectivity index (χ0n) is 24.6. The van der Waals surface area contributed by atoms with Crippen LogP contribution in [0.2, 0.25) is 0 Å². The first-order valence-electron chi connectivity index (χ1n) is 13.6. The number of halogens is 6. The maximum Gasteiger partial charge on any atom is 0.453 e. The monoisotopic (exact) mass is 669 g/mol. The summed E-state index contributed by atoms with van der Waals surface area (Å²) in [4.78, 5) is 30.4. The fourth-order valence-corrected chi connectivity index (χ4v) is 4.36. The SMILES string of the molecule is CN(C)c1ccn2ncc(-c3ccc(Oc4ncc(NC(=O)Nc5cc(C(F)(F)F)ccc5-n5cnc(C(F)(F)F)n5)cn4)cc3)c2n1. The van der Waals surface area contributed by atoms with Gasteiger partial charge in [-0.3, -0.25) is 0 Å². The van der Waals surface area contributed by atoms with Gasteiger partial charge in [-0.05, 0) is 42.0 Å². The first kappa shape index (κ1) is 31.7.